The van der Waals surface area contributed by atoms with Gasteiger partial charge in [0.05, 0.1) is 17.4 Å². The maximum absolute atomic E-state index is 12.8. The molecule has 4 rings (SSSR count). The fourth-order valence-electron chi connectivity index (χ4n) is 2.38. The number of aliphatic carboxylic acids is 1. The summed E-state index contributed by atoms with van der Waals surface area (Å²) < 4.78 is 65.4. The molecule has 0 aliphatic carbocycles. The van der Waals surface area contributed by atoms with Gasteiger partial charge in [0.1, 0.15) is 11.7 Å². The number of alkyl halides is 3. The number of carboxylic acids is 1. The Morgan fingerprint density at radius 3 is 2.59 bits per heavy atom. The Kier molecular flexibility index (Phi) is 5.02. The minimum absolute atomic E-state index is 0.0412. The minimum atomic E-state index is -5.19. The van der Waals surface area contributed by atoms with Crippen LogP contribution in [0.3, 0.4) is 0 Å². The van der Waals surface area contributed by atoms with E-state index >= 15 is 0 Å². The van der Waals surface area contributed by atoms with Gasteiger partial charge >= 0.3 is 13.4 Å². The third-order valence-electron chi connectivity index (χ3n) is 3.80. The third kappa shape index (κ3) is 5.40. The average molecular weight is 471 g/mol. The number of hydrogen-bond donors (Lipinski definition) is 3. The van der Waals surface area contributed by atoms with Crippen molar-refractivity contribution >= 4 is 40.5 Å². The van der Waals surface area contributed by atoms with Gasteiger partial charge in [-0.2, -0.15) is 13.2 Å². The number of amides is 1. The first-order chi connectivity index (χ1) is 16.7. The second kappa shape index (κ2) is 9.06. The molecule has 0 unspecified atom stereocenters. The van der Waals surface area contributed by atoms with Crippen LogP contribution < -0.4 is 20.4 Å². The summed E-state index contributed by atoms with van der Waals surface area (Å²) >= 11 is 6.04. The van der Waals surface area contributed by atoms with Crippen molar-refractivity contribution in [2.24, 2.45) is 0 Å². The first-order valence-electron chi connectivity index (χ1n) is 10.4. The third-order valence-corrected chi connectivity index (χ3v) is 4.04. The Morgan fingerprint density at radius 2 is 1.97 bits per heavy atom. The molecule has 0 saturated heterocycles. The number of nitrogens with one attached hydrogen (secondary N) is 3. The number of hydrogen-bond acceptors (Lipinski definition) is 6. The monoisotopic (exact) mass is 470 g/mol. The number of benzene rings is 2. The van der Waals surface area contributed by atoms with E-state index in [2.05, 4.69) is 10.3 Å². The van der Waals surface area contributed by atoms with E-state index in [1.165, 1.54) is 10.7 Å². The SMILES string of the molecule is O=C([O-])C(F)(F)F.[2H]/C(C(=O)N([2H])c1ccc(C)cc1)=C1\c2nn([2H])n[n+]2-c2ccc(Cl)cc2N1[2H]. The highest BCUT2D eigenvalue weighted by atomic mass is 35.5. The predicted octanol–water partition coefficient (Wildman–Crippen LogP) is 1.75. The summed E-state index contributed by atoms with van der Waals surface area (Å²) in [6.07, 6.45) is -5.19. The van der Waals surface area contributed by atoms with Gasteiger partial charge in [0, 0.05) is 16.8 Å². The van der Waals surface area contributed by atoms with E-state index in [1.807, 2.05) is 6.92 Å². The van der Waals surface area contributed by atoms with Crippen LogP contribution in [0.1, 0.15) is 12.8 Å². The maximum atomic E-state index is 12.8. The van der Waals surface area contributed by atoms with Crippen molar-refractivity contribution < 1.29 is 38.2 Å². The number of H-pyrrole nitrogens is 1. The lowest BCUT2D eigenvalue weighted by atomic mass is 10.2. The highest BCUT2D eigenvalue weighted by Gasteiger charge is 2.30. The van der Waals surface area contributed by atoms with Crippen LogP contribution in [0.15, 0.2) is 48.5 Å². The fourth-order valence-corrected chi connectivity index (χ4v) is 2.55. The van der Waals surface area contributed by atoms with Crippen molar-refractivity contribution in [3.8, 4) is 5.69 Å². The molecule has 1 aliphatic heterocycles. The van der Waals surface area contributed by atoms with Gasteiger partial charge in [0.2, 0.25) is 0 Å². The van der Waals surface area contributed by atoms with Crippen LogP contribution in [0.25, 0.3) is 11.4 Å². The maximum Gasteiger partial charge on any atom is 0.430 e. The number of tetrazole rings is 1. The summed E-state index contributed by atoms with van der Waals surface area (Å²) in [4.78, 5) is 21.6. The molecule has 1 aliphatic rings. The van der Waals surface area contributed by atoms with Crippen LogP contribution in [0.5, 0.6) is 0 Å². The van der Waals surface area contributed by atoms with Crippen molar-refractivity contribution in [3.63, 3.8) is 0 Å². The summed E-state index contributed by atoms with van der Waals surface area (Å²) in [5.74, 6) is -4.01. The molecule has 32 heavy (non-hydrogen) atoms. The lowest BCUT2D eigenvalue weighted by Gasteiger charge is -2.16. The second-order valence-electron chi connectivity index (χ2n) is 6.17. The zero-order valence-corrected chi connectivity index (χ0v) is 16.7. The molecule has 3 aromatic rings. The molecule has 2 aromatic carbocycles. The Bertz CT molecular complexity index is 1370. The molecular weight excluding hydrogens is 453 g/mol. The van der Waals surface area contributed by atoms with Crippen LogP contribution in [-0.2, 0) is 9.59 Å². The quantitative estimate of drug-likeness (QED) is 0.387. The number of nitrogens with zero attached hydrogens (tertiary/aromatic N) is 3. The molecular formula is C19H14ClF3N6O3. The van der Waals surface area contributed by atoms with Crippen LogP contribution in [0.4, 0.5) is 24.5 Å². The number of halogens is 4. The van der Waals surface area contributed by atoms with E-state index in [0.717, 1.165) is 10.9 Å². The van der Waals surface area contributed by atoms with Crippen LogP contribution >= 0.6 is 11.6 Å². The Morgan fingerprint density at radius 1 is 1.31 bits per heavy atom. The molecule has 3 N–H and O–H groups in total. The number of rotatable bonds is 2. The van der Waals surface area contributed by atoms with E-state index in [9.17, 15) is 18.0 Å². The fraction of sp³-hybridized carbons (Fsp3) is 0.105. The molecule has 13 heteroatoms. The predicted molar refractivity (Wildman–Crippen MR) is 105 cm³/mol. The van der Waals surface area contributed by atoms with Gasteiger partial charge < -0.3 is 20.5 Å². The molecule has 9 nitrogen and oxygen atoms in total. The Balaban J connectivity index is 0.000000454. The van der Waals surface area contributed by atoms with Gasteiger partial charge in [0.15, 0.2) is 8.51 Å². The lowest BCUT2D eigenvalue weighted by molar-refractivity contribution is -0.662. The van der Waals surface area contributed by atoms with E-state index in [1.54, 1.807) is 36.4 Å². The van der Waals surface area contributed by atoms with Crippen LogP contribution in [0, 0.1) is 6.92 Å². The Hall–Kier alpha value is -3.93. The number of carbonyl (C=O) groups is 2. The van der Waals surface area contributed by atoms with E-state index in [4.69, 9.17) is 27.1 Å². The molecule has 0 radical (unpaired) electrons. The molecule has 0 fully saturated rings. The first-order valence-corrected chi connectivity index (χ1v) is 8.97. The summed E-state index contributed by atoms with van der Waals surface area (Å²) in [6, 6.07) is 10.7. The molecule has 0 spiro atoms. The van der Waals surface area contributed by atoms with Gasteiger partial charge in [-0.25, -0.2) is 0 Å². The summed E-state index contributed by atoms with van der Waals surface area (Å²) in [5, 5.41) is 18.9. The van der Waals surface area contributed by atoms with E-state index < -0.39 is 24.1 Å². The first kappa shape index (κ1) is 17.7. The van der Waals surface area contributed by atoms with Crippen LogP contribution in [-0.4, -0.2) is 33.6 Å². The highest BCUT2D eigenvalue weighted by Crippen LogP contribution is 2.28. The largest absolute Gasteiger partial charge is 0.542 e. The van der Waals surface area contributed by atoms with Gasteiger partial charge in [-0.15, -0.1) is 0 Å². The summed E-state index contributed by atoms with van der Waals surface area (Å²) in [7, 11) is 0. The van der Waals surface area contributed by atoms with Crippen molar-refractivity contribution in [3.05, 3.63) is 64.9 Å². The molecule has 1 aromatic heterocycles. The molecule has 0 bridgehead atoms. The zero-order valence-electron chi connectivity index (χ0n) is 20.0. The van der Waals surface area contributed by atoms with Crippen LogP contribution in [0.2, 0.25) is 9.26 Å². The van der Waals surface area contributed by atoms with Crippen molar-refractivity contribution in [2.75, 3.05) is 10.6 Å². The van der Waals surface area contributed by atoms with Gasteiger partial charge in [-0.05, 0) is 42.5 Å². The minimum Gasteiger partial charge on any atom is -0.542 e. The zero-order chi connectivity index (χ0) is 26.9. The smallest absolute Gasteiger partial charge is 0.430 e. The second-order valence-corrected chi connectivity index (χ2v) is 6.61. The highest BCUT2D eigenvalue weighted by molar-refractivity contribution is 6.31. The molecule has 1 amide bonds. The van der Waals surface area contributed by atoms with Crippen molar-refractivity contribution in [2.45, 2.75) is 13.1 Å². The molecule has 0 atom stereocenters. The lowest BCUT2D eigenvalue weighted by Crippen LogP contribution is -2.41. The molecule has 2 heterocycles. The topological polar surface area (TPSA) is 127 Å². The number of carbonyl (C=O) groups excluding carboxylic acids is 2. The van der Waals surface area contributed by atoms with Crippen molar-refractivity contribution in [1.82, 2.24) is 15.5 Å². The average Bonchev–Trinajstić information content (AvgIpc) is 3.19. The summed E-state index contributed by atoms with van der Waals surface area (Å²) in [6.45, 7) is 1.88. The molecule has 166 valence electrons. The van der Waals surface area contributed by atoms with Gasteiger partial charge in [-0.3, -0.25) is 4.79 Å². The Labute approximate surface area is 189 Å². The number of carboxylic acid groups (broad SMARTS) is 1. The van der Waals surface area contributed by atoms with Crippen molar-refractivity contribution in [1.29, 1.82) is 0 Å². The summed E-state index contributed by atoms with van der Waals surface area (Å²) in [5.41, 5.74) is 1.70. The van der Waals surface area contributed by atoms with E-state index in [-0.39, 0.29) is 22.9 Å². The number of anilines is 2. The number of aromatic amines is 1. The standard InChI is InChI=1S/C17H13ClN6O.C2HF3O2/c1-10-2-5-12(6-3-10)19-16(25)9-14-17-21-22-23-24(17)15-7-4-11(18)8-13(15)20-14;3-2(4,5)1(6)7/h2-9H,1H3,(H2,19,20,25);(H,6,7)/i9D;/hD3. The molecule has 0 saturated carbocycles. The van der Waals surface area contributed by atoms with E-state index in [0.29, 0.717) is 21.2 Å². The van der Waals surface area contributed by atoms with Gasteiger partial charge in [-0.1, -0.05) is 34.0 Å². The number of aromatic nitrogens is 4. The number of fused-ring (bicyclic) bond motifs is 3. The number of aryl methyl sites for hydroxylation is 1. The van der Waals surface area contributed by atoms with Gasteiger partial charge in [0.25, 0.3) is 5.91 Å². The normalized spacial score (nSPS) is 15.6.